The van der Waals surface area contributed by atoms with Crippen LogP contribution in [0.25, 0.3) is 10.9 Å². The number of rotatable bonds is 4. The maximum Gasteiger partial charge on any atom is 0.227 e. The van der Waals surface area contributed by atoms with Gasteiger partial charge in [-0.2, -0.15) is 0 Å². The molecule has 1 fully saturated rings. The summed E-state index contributed by atoms with van der Waals surface area (Å²) in [7, 11) is 0. The zero-order valence-corrected chi connectivity index (χ0v) is 16.9. The Balaban J connectivity index is 1.64. The first kappa shape index (κ1) is 19.0. The quantitative estimate of drug-likeness (QED) is 0.493. The van der Waals surface area contributed by atoms with Gasteiger partial charge in [0.15, 0.2) is 0 Å². The SMILES string of the molecule is O=C(Nc1cc(Nc2ccc(Cl)c(Cl)c2)nc2ccccc12)C1CCCCC1. The second-order valence-corrected chi connectivity index (χ2v) is 7.96. The molecule has 1 aliphatic carbocycles. The number of nitrogens with zero attached hydrogens (tertiary/aromatic N) is 1. The molecular weight excluding hydrogens is 393 g/mol. The Labute approximate surface area is 174 Å². The molecule has 1 heterocycles. The van der Waals surface area contributed by atoms with Gasteiger partial charge in [0, 0.05) is 23.1 Å². The number of amides is 1. The third-order valence-electron chi connectivity index (χ3n) is 5.14. The van der Waals surface area contributed by atoms with Crippen LogP contribution in [0, 0.1) is 5.92 Å². The summed E-state index contributed by atoms with van der Waals surface area (Å²) in [4.78, 5) is 17.4. The highest BCUT2D eigenvalue weighted by Gasteiger charge is 2.22. The van der Waals surface area contributed by atoms with Gasteiger partial charge >= 0.3 is 0 Å². The molecule has 0 unspecified atom stereocenters. The Morgan fingerprint density at radius 2 is 1.75 bits per heavy atom. The van der Waals surface area contributed by atoms with Crippen molar-refractivity contribution in [1.82, 2.24) is 4.98 Å². The van der Waals surface area contributed by atoms with E-state index in [2.05, 4.69) is 15.6 Å². The Morgan fingerprint density at radius 1 is 0.964 bits per heavy atom. The molecular formula is C22H21Cl2N3O. The molecule has 28 heavy (non-hydrogen) atoms. The van der Waals surface area contributed by atoms with Crippen molar-refractivity contribution in [2.75, 3.05) is 10.6 Å². The molecule has 2 aromatic carbocycles. The van der Waals surface area contributed by atoms with Crippen LogP contribution >= 0.6 is 23.2 Å². The molecule has 0 spiro atoms. The normalized spacial score (nSPS) is 14.8. The fourth-order valence-electron chi connectivity index (χ4n) is 3.66. The summed E-state index contributed by atoms with van der Waals surface area (Å²) in [6, 6.07) is 15.0. The fraction of sp³-hybridized carbons (Fsp3) is 0.273. The van der Waals surface area contributed by atoms with Crippen molar-refractivity contribution in [1.29, 1.82) is 0 Å². The zero-order chi connectivity index (χ0) is 19.5. The molecule has 1 aromatic heterocycles. The van der Waals surface area contributed by atoms with Gasteiger partial charge in [-0.25, -0.2) is 4.98 Å². The van der Waals surface area contributed by atoms with Crippen molar-refractivity contribution >= 4 is 57.2 Å². The lowest BCUT2D eigenvalue weighted by Gasteiger charge is -2.21. The van der Waals surface area contributed by atoms with Crippen LogP contribution in [0.4, 0.5) is 17.2 Å². The number of anilines is 3. The zero-order valence-electron chi connectivity index (χ0n) is 15.3. The molecule has 1 aliphatic rings. The largest absolute Gasteiger partial charge is 0.340 e. The average molecular weight is 414 g/mol. The molecule has 0 aliphatic heterocycles. The maximum atomic E-state index is 12.8. The first-order valence-corrected chi connectivity index (χ1v) is 10.3. The van der Waals surface area contributed by atoms with Crippen molar-refractivity contribution in [3.05, 3.63) is 58.6 Å². The predicted octanol–water partition coefficient (Wildman–Crippen LogP) is 6.80. The van der Waals surface area contributed by atoms with E-state index >= 15 is 0 Å². The Hall–Kier alpha value is -2.30. The van der Waals surface area contributed by atoms with E-state index in [1.165, 1.54) is 6.42 Å². The van der Waals surface area contributed by atoms with Gasteiger partial charge in [-0.3, -0.25) is 4.79 Å². The Morgan fingerprint density at radius 3 is 2.54 bits per heavy atom. The number of carbonyl (C=O) groups excluding carboxylic acids is 1. The second kappa shape index (κ2) is 8.38. The maximum absolute atomic E-state index is 12.8. The third-order valence-corrected chi connectivity index (χ3v) is 5.88. The lowest BCUT2D eigenvalue weighted by Crippen LogP contribution is -2.24. The highest BCUT2D eigenvalue weighted by Crippen LogP contribution is 2.31. The number of fused-ring (bicyclic) bond motifs is 1. The number of nitrogens with one attached hydrogen (secondary N) is 2. The van der Waals surface area contributed by atoms with E-state index in [1.807, 2.05) is 36.4 Å². The lowest BCUT2D eigenvalue weighted by atomic mass is 9.88. The van der Waals surface area contributed by atoms with Crippen molar-refractivity contribution in [3.63, 3.8) is 0 Å². The average Bonchev–Trinajstić information content (AvgIpc) is 2.71. The van der Waals surface area contributed by atoms with E-state index < -0.39 is 0 Å². The van der Waals surface area contributed by atoms with E-state index in [1.54, 1.807) is 12.1 Å². The number of para-hydroxylation sites is 1. The lowest BCUT2D eigenvalue weighted by molar-refractivity contribution is -0.120. The first-order chi connectivity index (χ1) is 13.6. The van der Waals surface area contributed by atoms with Crippen molar-refractivity contribution in [2.24, 2.45) is 5.92 Å². The number of aromatic nitrogens is 1. The van der Waals surface area contributed by atoms with Gasteiger partial charge in [0.1, 0.15) is 5.82 Å². The molecule has 6 heteroatoms. The third kappa shape index (κ3) is 4.23. The van der Waals surface area contributed by atoms with Crippen LogP contribution in [0.1, 0.15) is 32.1 Å². The highest BCUT2D eigenvalue weighted by atomic mass is 35.5. The molecule has 0 bridgehead atoms. The van der Waals surface area contributed by atoms with Crippen molar-refractivity contribution in [3.8, 4) is 0 Å². The van der Waals surface area contributed by atoms with Crippen LogP contribution in [0.2, 0.25) is 10.0 Å². The summed E-state index contributed by atoms with van der Waals surface area (Å²) in [5.41, 5.74) is 2.36. The van der Waals surface area contributed by atoms with Crippen LogP contribution < -0.4 is 10.6 Å². The van der Waals surface area contributed by atoms with Gasteiger partial charge in [0.2, 0.25) is 5.91 Å². The summed E-state index contributed by atoms with van der Waals surface area (Å²) in [5, 5.41) is 8.28. The van der Waals surface area contributed by atoms with E-state index in [4.69, 9.17) is 23.2 Å². The van der Waals surface area contributed by atoms with Crippen LogP contribution in [-0.4, -0.2) is 10.9 Å². The van der Waals surface area contributed by atoms with Gasteiger partial charge < -0.3 is 10.6 Å². The van der Waals surface area contributed by atoms with E-state index in [-0.39, 0.29) is 11.8 Å². The van der Waals surface area contributed by atoms with E-state index in [9.17, 15) is 4.79 Å². The van der Waals surface area contributed by atoms with Crippen LogP contribution in [-0.2, 0) is 4.79 Å². The summed E-state index contributed by atoms with van der Waals surface area (Å²) in [6.45, 7) is 0. The van der Waals surface area contributed by atoms with Crippen LogP contribution in [0.5, 0.6) is 0 Å². The molecule has 1 saturated carbocycles. The van der Waals surface area contributed by atoms with Crippen molar-refractivity contribution < 1.29 is 4.79 Å². The molecule has 0 saturated heterocycles. The summed E-state index contributed by atoms with van der Waals surface area (Å²) >= 11 is 12.1. The molecule has 3 aromatic rings. The predicted molar refractivity (Wildman–Crippen MR) is 117 cm³/mol. The summed E-state index contributed by atoms with van der Waals surface area (Å²) in [5.74, 6) is 0.819. The standard InChI is InChI=1S/C22H21Cl2N3O/c23-17-11-10-15(12-18(17)24)25-21-13-20(16-8-4-5-9-19(16)26-21)27-22(28)14-6-2-1-3-7-14/h4-5,8-14H,1-3,6-7H2,(H2,25,26,27,28). The molecule has 1 amide bonds. The number of pyridine rings is 1. The minimum absolute atomic E-state index is 0.0900. The van der Waals surface area contributed by atoms with E-state index in [0.717, 1.165) is 48.0 Å². The molecule has 144 valence electrons. The monoisotopic (exact) mass is 413 g/mol. The number of carbonyl (C=O) groups is 1. The van der Waals surface area contributed by atoms with E-state index in [0.29, 0.717) is 15.9 Å². The second-order valence-electron chi connectivity index (χ2n) is 7.15. The molecule has 0 radical (unpaired) electrons. The fourth-order valence-corrected chi connectivity index (χ4v) is 3.96. The summed E-state index contributed by atoms with van der Waals surface area (Å²) in [6.07, 6.45) is 5.39. The van der Waals surface area contributed by atoms with Gasteiger partial charge in [-0.1, -0.05) is 60.7 Å². The minimum Gasteiger partial charge on any atom is -0.340 e. The smallest absolute Gasteiger partial charge is 0.227 e. The van der Waals surface area contributed by atoms with Gasteiger partial charge in [-0.15, -0.1) is 0 Å². The Kier molecular flexibility index (Phi) is 5.69. The van der Waals surface area contributed by atoms with Crippen LogP contribution in [0.3, 0.4) is 0 Å². The number of halogens is 2. The number of benzene rings is 2. The molecule has 4 rings (SSSR count). The molecule has 4 nitrogen and oxygen atoms in total. The van der Waals surface area contributed by atoms with Crippen LogP contribution in [0.15, 0.2) is 48.5 Å². The molecule has 0 atom stereocenters. The van der Waals surface area contributed by atoms with Gasteiger partial charge in [0.25, 0.3) is 0 Å². The minimum atomic E-state index is 0.0900. The highest BCUT2D eigenvalue weighted by molar-refractivity contribution is 6.42. The summed E-state index contributed by atoms with van der Waals surface area (Å²) < 4.78 is 0. The topological polar surface area (TPSA) is 54.0 Å². The van der Waals surface area contributed by atoms with Crippen molar-refractivity contribution in [2.45, 2.75) is 32.1 Å². The number of hydrogen-bond acceptors (Lipinski definition) is 3. The first-order valence-electron chi connectivity index (χ1n) is 9.53. The Bertz CT molecular complexity index is 1020. The van der Waals surface area contributed by atoms with Gasteiger partial charge in [0.05, 0.1) is 21.2 Å². The molecule has 2 N–H and O–H groups in total. The number of hydrogen-bond donors (Lipinski definition) is 2. The van der Waals surface area contributed by atoms with Gasteiger partial charge in [-0.05, 0) is 37.1 Å².